The first-order chi connectivity index (χ1) is 13.8. The van der Waals surface area contributed by atoms with E-state index in [0.29, 0.717) is 24.8 Å². The largest absolute Gasteiger partial charge is 0.383 e. The number of amides is 1. The number of H-pyrrole nitrogens is 1. The van der Waals surface area contributed by atoms with Gasteiger partial charge in [0.05, 0.1) is 18.9 Å². The highest BCUT2D eigenvalue weighted by Crippen LogP contribution is 2.27. The molecule has 0 radical (unpaired) electrons. The summed E-state index contributed by atoms with van der Waals surface area (Å²) in [6.07, 6.45) is 7.48. The summed E-state index contributed by atoms with van der Waals surface area (Å²) >= 11 is 0. The number of piperidine rings is 2. The number of fused-ring (bicyclic) bond motifs is 1. The van der Waals surface area contributed by atoms with Gasteiger partial charge in [-0.15, -0.1) is 0 Å². The van der Waals surface area contributed by atoms with Crippen molar-refractivity contribution < 1.29 is 9.53 Å². The van der Waals surface area contributed by atoms with E-state index in [-0.39, 0.29) is 11.8 Å². The number of likely N-dealkylation sites (tertiary alicyclic amines) is 1. The van der Waals surface area contributed by atoms with Gasteiger partial charge in [-0.05, 0) is 32.2 Å². The Bertz CT molecular complexity index is 787. The standard InChI is InChI=1S/C19H29N7O2/c1-28-10-6-20-19(27)14-3-2-7-26(11-14)15-4-8-25(9-5-15)18-16-17(22-12-21-16)23-13-24-18/h12-15H,2-11H2,1H3,(H,20,27)(H,21,22,23,24)/t14-/m0/s1. The summed E-state index contributed by atoms with van der Waals surface area (Å²) in [4.78, 5) is 33.3. The number of carbonyl (C=O) groups is 1. The quantitative estimate of drug-likeness (QED) is 0.707. The van der Waals surface area contributed by atoms with Crippen LogP contribution in [0.3, 0.4) is 0 Å². The van der Waals surface area contributed by atoms with Crippen molar-refractivity contribution in [2.24, 2.45) is 5.92 Å². The predicted molar refractivity (Wildman–Crippen MR) is 106 cm³/mol. The van der Waals surface area contributed by atoms with Gasteiger partial charge in [0, 0.05) is 39.3 Å². The summed E-state index contributed by atoms with van der Waals surface area (Å²) in [7, 11) is 1.65. The molecular formula is C19H29N7O2. The Balaban J connectivity index is 1.32. The number of hydrogen-bond acceptors (Lipinski definition) is 7. The molecule has 2 fully saturated rings. The fourth-order valence-electron chi connectivity index (χ4n) is 4.41. The Labute approximate surface area is 164 Å². The number of anilines is 1. The van der Waals surface area contributed by atoms with Crippen molar-refractivity contribution >= 4 is 22.9 Å². The summed E-state index contributed by atoms with van der Waals surface area (Å²) in [5.41, 5.74) is 1.62. The van der Waals surface area contributed by atoms with Crippen LogP contribution in [-0.4, -0.2) is 83.2 Å². The third kappa shape index (κ3) is 4.10. The molecule has 2 aromatic rings. The lowest BCUT2D eigenvalue weighted by molar-refractivity contribution is -0.127. The van der Waals surface area contributed by atoms with Crippen LogP contribution in [0.4, 0.5) is 5.82 Å². The molecule has 0 aromatic carbocycles. The molecule has 2 aliphatic heterocycles. The van der Waals surface area contributed by atoms with Crippen molar-refractivity contribution in [1.82, 2.24) is 30.2 Å². The number of ether oxygens (including phenoxy) is 1. The third-order valence-corrected chi connectivity index (χ3v) is 5.91. The summed E-state index contributed by atoms with van der Waals surface area (Å²) in [6.45, 7) is 5.01. The van der Waals surface area contributed by atoms with Gasteiger partial charge in [-0.25, -0.2) is 15.0 Å². The topological polar surface area (TPSA) is 99.3 Å². The van der Waals surface area contributed by atoms with Crippen LogP contribution >= 0.6 is 0 Å². The number of rotatable bonds is 6. The van der Waals surface area contributed by atoms with Gasteiger partial charge in [0.25, 0.3) is 0 Å². The van der Waals surface area contributed by atoms with Crippen LogP contribution < -0.4 is 10.2 Å². The van der Waals surface area contributed by atoms with Crippen LogP contribution in [0.1, 0.15) is 25.7 Å². The average molecular weight is 387 g/mol. The first kappa shape index (κ1) is 19.1. The normalized spacial score (nSPS) is 21.9. The number of nitrogens with zero attached hydrogens (tertiary/aromatic N) is 5. The van der Waals surface area contributed by atoms with Gasteiger partial charge in [-0.3, -0.25) is 9.69 Å². The van der Waals surface area contributed by atoms with Crippen molar-refractivity contribution in [1.29, 1.82) is 0 Å². The fraction of sp³-hybridized carbons (Fsp3) is 0.684. The second-order valence-corrected chi connectivity index (χ2v) is 7.63. The van der Waals surface area contributed by atoms with E-state index in [1.165, 1.54) is 0 Å². The third-order valence-electron chi connectivity index (χ3n) is 5.91. The van der Waals surface area contributed by atoms with Gasteiger partial charge in [-0.1, -0.05) is 0 Å². The number of hydrogen-bond donors (Lipinski definition) is 2. The summed E-state index contributed by atoms with van der Waals surface area (Å²) < 4.78 is 5.02. The molecule has 2 saturated heterocycles. The molecule has 1 atom stereocenters. The van der Waals surface area contributed by atoms with Crippen LogP contribution in [0.2, 0.25) is 0 Å². The highest BCUT2D eigenvalue weighted by Gasteiger charge is 2.32. The highest BCUT2D eigenvalue weighted by molar-refractivity contribution is 5.82. The molecule has 4 rings (SSSR count). The van der Waals surface area contributed by atoms with Gasteiger partial charge in [0.15, 0.2) is 11.5 Å². The second-order valence-electron chi connectivity index (χ2n) is 7.63. The minimum Gasteiger partial charge on any atom is -0.383 e. The number of carbonyl (C=O) groups excluding carboxylic acids is 1. The molecule has 1 amide bonds. The van der Waals surface area contributed by atoms with E-state index in [2.05, 4.69) is 35.1 Å². The van der Waals surface area contributed by atoms with E-state index in [1.54, 1.807) is 19.8 Å². The summed E-state index contributed by atoms with van der Waals surface area (Å²) in [5, 5.41) is 3.00. The average Bonchev–Trinajstić information content (AvgIpc) is 3.23. The molecule has 0 spiro atoms. The van der Waals surface area contributed by atoms with Crippen LogP contribution in [0.5, 0.6) is 0 Å². The lowest BCUT2D eigenvalue weighted by Crippen LogP contribution is -2.51. The van der Waals surface area contributed by atoms with Gasteiger partial charge >= 0.3 is 0 Å². The smallest absolute Gasteiger partial charge is 0.224 e. The van der Waals surface area contributed by atoms with Crippen molar-refractivity contribution in [2.45, 2.75) is 31.7 Å². The van der Waals surface area contributed by atoms with Gasteiger partial charge in [-0.2, -0.15) is 0 Å². The summed E-state index contributed by atoms with van der Waals surface area (Å²) in [5.74, 6) is 1.20. The SMILES string of the molecule is COCCNC(=O)[C@H]1CCCN(C2CCN(c3ncnc4nc[nH]c34)CC2)C1. The molecular weight excluding hydrogens is 358 g/mol. The second kappa shape index (κ2) is 8.83. The molecule has 152 valence electrons. The maximum absolute atomic E-state index is 12.4. The molecule has 0 bridgehead atoms. The van der Waals surface area contributed by atoms with E-state index < -0.39 is 0 Å². The Hall–Kier alpha value is -2.26. The molecule has 0 aliphatic carbocycles. The van der Waals surface area contributed by atoms with Crippen molar-refractivity contribution in [3.8, 4) is 0 Å². The minimum atomic E-state index is 0.0927. The van der Waals surface area contributed by atoms with E-state index in [9.17, 15) is 4.79 Å². The first-order valence-corrected chi connectivity index (χ1v) is 10.2. The van der Waals surface area contributed by atoms with E-state index in [1.807, 2.05) is 0 Å². The van der Waals surface area contributed by atoms with Gasteiger partial charge in [0.2, 0.25) is 5.91 Å². The van der Waals surface area contributed by atoms with E-state index >= 15 is 0 Å². The number of aromatic amines is 1. The zero-order chi connectivity index (χ0) is 19.3. The Morgan fingerprint density at radius 1 is 1.25 bits per heavy atom. The molecule has 9 nitrogen and oxygen atoms in total. The van der Waals surface area contributed by atoms with Crippen molar-refractivity contribution in [3.63, 3.8) is 0 Å². The molecule has 0 saturated carbocycles. The van der Waals surface area contributed by atoms with Gasteiger partial charge < -0.3 is 19.9 Å². The molecule has 2 aromatic heterocycles. The van der Waals surface area contributed by atoms with E-state index in [4.69, 9.17) is 4.74 Å². The zero-order valence-electron chi connectivity index (χ0n) is 16.4. The molecule has 9 heteroatoms. The Morgan fingerprint density at radius 3 is 2.93 bits per heavy atom. The fourth-order valence-corrected chi connectivity index (χ4v) is 4.41. The lowest BCUT2D eigenvalue weighted by Gasteiger charge is -2.42. The maximum atomic E-state index is 12.4. The minimum absolute atomic E-state index is 0.0927. The lowest BCUT2D eigenvalue weighted by atomic mass is 9.93. The maximum Gasteiger partial charge on any atom is 0.224 e. The molecule has 2 N–H and O–H groups in total. The number of aromatic nitrogens is 4. The Kier molecular flexibility index (Phi) is 6.01. The highest BCUT2D eigenvalue weighted by atomic mass is 16.5. The monoisotopic (exact) mass is 387 g/mol. The molecule has 4 heterocycles. The van der Waals surface area contributed by atoms with Crippen LogP contribution in [0, 0.1) is 5.92 Å². The van der Waals surface area contributed by atoms with Crippen molar-refractivity contribution in [2.75, 3.05) is 51.3 Å². The first-order valence-electron chi connectivity index (χ1n) is 10.2. The van der Waals surface area contributed by atoms with Crippen LogP contribution in [0.25, 0.3) is 11.2 Å². The zero-order valence-corrected chi connectivity index (χ0v) is 16.4. The molecule has 0 unspecified atom stereocenters. The van der Waals surface area contributed by atoms with Crippen LogP contribution in [0.15, 0.2) is 12.7 Å². The van der Waals surface area contributed by atoms with Crippen molar-refractivity contribution in [3.05, 3.63) is 12.7 Å². The molecule has 28 heavy (non-hydrogen) atoms. The predicted octanol–water partition coefficient (Wildman–Crippen LogP) is 0.796. The number of imidazole rings is 1. The van der Waals surface area contributed by atoms with Gasteiger partial charge in [0.1, 0.15) is 11.8 Å². The number of methoxy groups -OCH3 is 1. The van der Waals surface area contributed by atoms with Crippen LogP contribution in [-0.2, 0) is 9.53 Å². The summed E-state index contributed by atoms with van der Waals surface area (Å²) in [6, 6.07) is 0.532. The van der Waals surface area contributed by atoms with E-state index in [0.717, 1.165) is 63.2 Å². The Morgan fingerprint density at radius 2 is 2.11 bits per heavy atom. The number of nitrogens with one attached hydrogen (secondary N) is 2. The molecule has 2 aliphatic rings.